The summed E-state index contributed by atoms with van der Waals surface area (Å²) in [5.41, 5.74) is 0.457. The highest BCUT2D eigenvalue weighted by Gasteiger charge is 2.11. The van der Waals surface area contributed by atoms with Gasteiger partial charge in [0.15, 0.2) is 0 Å². The van der Waals surface area contributed by atoms with E-state index in [-0.39, 0.29) is 5.97 Å². The summed E-state index contributed by atoms with van der Waals surface area (Å²) in [4.78, 5) is 15.3. The molecule has 0 amide bonds. The highest BCUT2D eigenvalue weighted by molar-refractivity contribution is 9.10. The molecule has 0 atom stereocenters. The molecule has 0 aliphatic rings. The molecule has 1 N–H and O–H groups in total. The lowest BCUT2D eigenvalue weighted by Gasteiger charge is -2.05. The van der Waals surface area contributed by atoms with E-state index in [1.165, 1.54) is 19.1 Å². The standard InChI is InChI=1S/C8H9BrN2O2S/c1-13-8(12)5-3-7(11-14-2)10-4-6(5)9/h3-4H,1-2H3,(H,10,11). The number of pyridine rings is 1. The highest BCUT2D eigenvalue weighted by Crippen LogP contribution is 2.20. The number of esters is 1. The minimum atomic E-state index is -0.386. The van der Waals surface area contributed by atoms with Gasteiger partial charge in [-0.1, -0.05) is 11.9 Å². The molecular formula is C8H9BrN2O2S. The number of anilines is 1. The molecule has 0 saturated carbocycles. The Bertz CT molecular complexity index is 346. The van der Waals surface area contributed by atoms with Crippen LogP contribution in [-0.4, -0.2) is 24.3 Å². The Kier molecular flexibility index (Phi) is 4.21. The number of ether oxygens (including phenoxy) is 1. The largest absolute Gasteiger partial charge is 0.465 e. The minimum absolute atomic E-state index is 0.386. The molecule has 0 spiro atoms. The summed E-state index contributed by atoms with van der Waals surface area (Å²) in [5.74, 6) is 0.240. The van der Waals surface area contributed by atoms with Crippen LogP contribution in [0.2, 0.25) is 0 Å². The minimum Gasteiger partial charge on any atom is -0.465 e. The molecule has 0 aliphatic heterocycles. The topological polar surface area (TPSA) is 51.2 Å². The van der Waals surface area contributed by atoms with E-state index in [1.807, 2.05) is 6.26 Å². The molecule has 0 unspecified atom stereocenters. The van der Waals surface area contributed by atoms with Gasteiger partial charge in [-0.15, -0.1) is 0 Å². The Morgan fingerprint density at radius 3 is 3.00 bits per heavy atom. The van der Waals surface area contributed by atoms with Crippen molar-refractivity contribution in [2.75, 3.05) is 18.1 Å². The van der Waals surface area contributed by atoms with Gasteiger partial charge in [0, 0.05) is 12.5 Å². The fourth-order valence-electron chi connectivity index (χ4n) is 0.865. The number of hydrogen-bond donors (Lipinski definition) is 1. The van der Waals surface area contributed by atoms with Crippen molar-refractivity contribution in [1.29, 1.82) is 0 Å². The molecule has 1 aromatic rings. The van der Waals surface area contributed by atoms with Crippen LogP contribution >= 0.6 is 27.9 Å². The summed E-state index contributed by atoms with van der Waals surface area (Å²) >= 11 is 4.63. The Morgan fingerprint density at radius 2 is 2.43 bits per heavy atom. The zero-order valence-electron chi connectivity index (χ0n) is 7.70. The molecule has 1 heterocycles. The molecule has 14 heavy (non-hydrogen) atoms. The second-order valence-corrected chi connectivity index (χ2v) is 3.81. The number of carbonyl (C=O) groups excluding carboxylic acids is 1. The summed E-state index contributed by atoms with van der Waals surface area (Å²) in [6.45, 7) is 0. The molecule has 6 heteroatoms. The van der Waals surface area contributed by atoms with E-state index in [9.17, 15) is 4.79 Å². The fraction of sp³-hybridized carbons (Fsp3) is 0.250. The Balaban J connectivity index is 3.01. The molecule has 0 aromatic carbocycles. The van der Waals surface area contributed by atoms with E-state index < -0.39 is 0 Å². The van der Waals surface area contributed by atoms with Crippen molar-refractivity contribution >= 4 is 39.7 Å². The lowest BCUT2D eigenvalue weighted by molar-refractivity contribution is 0.0599. The normalized spacial score (nSPS) is 9.64. The van der Waals surface area contributed by atoms with Crippen LogP contribution in [-0.2, 0) is 4.74 Å². The molecule has 0 fully saturated rings. The van der Waals surface area contributed by atoms with Crippen LogP contribution in [0.5, 0.6) is 0 Å². The van der Waals surface area contributed by atoms with Gasteiger partial charge in [0.05, 0.1) is 17.1 Å². The van der Waals surface area contributed by atoms with Crippen molar-refractivity contribution in [2.24, 2.45) is 0 Å². The Morgan fingerprint density at radius 1 is 1.71 bits per heavy atom. The third kappa shape index (κ3) is 2.62. The lowest BCUT2D eigenvalue weighted by Crippen LogP contribution is -2.03. The van der Waals surface area contributed by atoms with Crippen LogP contribution in [0.15, 0.2) is 16.7 Å². The summed E-state index contributed by atoms with van der Waals surface area (Å²) in [5, 5.41) is 0. The van der Waals surface area contributed by atoms with Gasteiger partial charge in [0.25, 0.3) is 0 Å². The van der Waals surface area contributed by atoms with Gasteiger partial charge in [-0.2, -0.15) is 0 Å². The number of methoxy groups -OCH3 is 1. The average molecular weight is 277 g/mol. The van der Waals surface area contributed by atoms with E-state index in [0.717, 1.165) is 0 Å². The van der Waals surface area contributed by atoms with Gasteiger partial charge >= 0.3 is 5.97 Å². The monoisotopic (exact) mass is 276 g/mol. The first-order valence-corrected chi connectivity index (χ1v) is 5.73. The van der Waals surface area contributed by atoms with E-state index in [2.05, 4.69) is 30.4 Å². The maximum atomic E-state index is 11.3. The van der Waals surface area contributed by atoms with Gasteiger partial charge in [0.2, 0.25) is 0 Å². The van der Waals surface area contributed by atoms with Crippen LogP contribution in [0.4, 0.5) is 5.82 Å². The number of aromatic nitrogens is 1. The van der Waals surface area contributed by atoms with E-state index in [1.54, 1.807) is 12.3 Å². The van der Waals surface area contributed by atoms with E-state index in [0.29, 0.717) is 15.9 Å². The van der Waals surface area contributed by atoms with Crippen molar-refractivity contribution in [3.8, 4) is 0 Å². The molecule has 76 valence electrons. The molecule has 4 nitrogen and oxygen atoms in total. The molecular weight excluding hydrogens is 268 g/mol. The number of hydrogen-bond acceptors (Lipinski definition) is 5. The number of carbonyl (C=O) groups is 1. The van der Waals surface area contributed by atoms with Gasteiger partial charge in [-0.05, 0) is 22.0 Å². The molecule has 0 bridgehead atoms. The van der Waals surface area contributed by atoms with Crippen molar-refractivity contribution in [3.05, 3.63) is 22.3 Å². The molecule has 1 rings (SSSR count). The predicted octanol–water partition coefficient (Wildman–Crippen LogP) is 2.32. The van der Waals surface area contributed by atoms with Crippen molar-refractivity contribution in [3.63, 3.8) is 0 Å². The third-order valence-electron chi connectivity index (χ3n) is 1.47. The zero-order chi connectivity index (χ0) is 10.6. The maximum Gasteiger partial charge on any atom is 0.339 e. The molecule has 1 aromatic heterocycles. The fourth-order valence-corrected chi connectivity index (χ4v) is 1.56. The number of halogens is 1. The van der Waals surface area contributed by atoms with Gasteiger partial charge in [-0.3, -0.25) is 0 Å². The summed E-state index contributed by atoms with van der Waals surface area (Å²) in [7, 11) is 1.34. The second-order valence-electron chi connectivity index (χ2n) is 2.35. The summed E-state index contributed by atoms with van der Waals surface area (Å²) in [6.07, 6.45) is 3.44. The average Bonchev–Trinajstić information content (AvgIpc) is 2.20. The summed E-state index contributed by atoms with van der Waals surface area (Å²) in [6, 6.07) is 1.63. The van der Waals surface area contributed by atoms with Crippen LogP contribution < -0.4 is 4.72 Å². The number of nitrogens with zero attached hydrogens (tertiary/aromatic N) is 1. The van der Waals surface area contributed by atoms with Gasteiger partial charge < -0.3 is 9.46 Å². The third-order valence-corrected chi connectivity index (χ3v) is 2.51. The predicted molar refractivity (Wildman–Crippen MR) is 60.4 cm³/mol. The summed E-state index contributed by atoms with van der Waals surface area (Å²) < 4.78 is 8.17. The van der Waals surface area contributed by atoms with E-state index in [4.69, 9.17) is 0 Å². The molecule has 0 aliphatic carbocycles. The first-order valence-electron chi connectivity index (χ1n) is 3.72. The van der Waals surface area contributed by atoms with Crippen LogP contribution in [0.1, 0.15) is 10.4 Å². The van der Waals surface area contributed by atoms with Crippen molar-refractivity contribution in [1.82, 2.24) is 4.98 Å². The first kappa shape index (κ1) is 11.3. The first-order chi connectivity index (χ1) is 6.69. The molecule has 0 saturated heterocycles. The van der Waals surface area contributed by atoms with E-state index >= 15 is 0 Å². The molecule has 0 radical (unpaired) electrons. The quantitative estimate of drug-likeness (QED) is 0.678. The SMILES string of the molecule is COC(=O)c1cc(NSC)ncc1Br. The Labute approximate surface area is 94.7 Å². The van der Waals surface area contributed by atoms with Gasteiger partial charge in [-0.25, -0.2) is 9.78 Å². The highest BCUT2D eigenvalue weighted by atomic mass is 79.9. The Hall–Kier alpha value is -0.750. The van der Waals surface area contributed by atoms with Crippen LogP contribution in [0.3, 0.4) is 0 Å². The maximum absolute atomic E-state index is 11.3. The van der Waals surface area contributed by atoms with Crippen LogP contribution in [0.25, 0.3) is 0 Å². The van der Waals surface area contributed by atoms with Crippen molar-refractivity contribution < 1.29 is 9.53 Å². The number of nitrogens with one attached hydrogen (secondary N) is 1. The van der Waals surface area contributed by atoms with Crippen LogP contribution in [0, 0.1) is 0 Å². The van der Waals surface area contributed by atoms with Crippen molar-refractivity contribution in [2.45, 2.75) is 0 Å². The second kappa shape index (κ2) is 5.21. The van der Waals surface area contributed by atoms with Gasteiger partial charge in [0.1, 0.15) is 5.82 Å². The number of rotatable bonds is 3. The lowest BCUT2D eigenvalue weighted by atomic mass is 10.2. The smallest absolute Gasteiger partial charge is 0.339 e. The zero-order valence-corrected chi connectivity index (χ0v) is 10.1.